The fourth-order valence-corrected chi connectivity index (χ4v) is 4.96. The molecule has 0 saturated heterocycles. The number of benzene rings is 3. The van der Waals surface area contributed by atoms with Gasteiger partial charge in [0.25, 0.3) is 11.8 Å². The summed E-state index contributed by atoms with van der Waals surface area (Å²) in [5.74, 6) is -0.602. The zero-order chi connectivity index (χ0) is 23.4. The number of hydrogen-bond donors (Lipinski definition) is 1. The lowest BCUT2D eigenvalue weighted by Gasteiger charge is -2.25. The SMILES string of the molecule is Cn1c2ccccc2c2cc(C(=O)NC3(C)C(=O)N(c4ccccc4)c4ccccc43)ncc21. The molecule has 2 amide bonds. The van der Waals surface area contributed by atoms with Gasteiger partial charge in [-0.15, -0.1) is 0 Å². The Hall–Kier alpha value is -4.45. The van der Waals surface area contributed by atoms with Crippen LogP contribution in [-0.2, 0) is 17.4 Å². The van der Waals surface area contributed by atoms with Crippen LogP contribution in [0.3, 0.4) is 0 Å². The second kappa shape index (κ2) is 7.28. The molecule has 3 heterocycles. The summed E-state index contributed by atoms with van der Waals surface area (Å²) in [5, 5.41) is 5.00. The molecule has 34 heavy (non-hydrogen) atoms. The molecule has 6 heteroatoms. The van der Waals surface area contributed by atoms with Gasteiger partial charge in [0, 0.05) is 34.6 Å². The summed E-state index contributed by atoms with van der Waals surface area (Å²) in [5.41, 5.74) is 3.34. The molecule has 0 aliphatic carbocycles. The van der Waals surface area contributed by atoms with E-state index in [0.29, 0.717) is 0 Å². The van der Waals surface area contributed by atoms with Crippen LogP contribution >= 0.6 is 0 Å². The molecular formula is C28H22N4O2. The third-order valence-corrected chi connectivity index (χ3v) is 6.72. The molecule has 5 aromatic rings. The number of aromatic nitrogens is 2. The number of hydrogen-bond acceptors (Lipinski definition) is 3. The number of para-hydroxylation sites is 3. The number of carbonyl (C=O) groups excluding carboxylic acids is 2. The minimum Gasteiger partial charge on any atom is -0.342 e. The number of carbonyl (C=O) groups is 2. The average Bonchev–Trinajstić information content (AvgIpc) is 3.28. The summed E-state index contributed by atoms with van der Waals surface area (Å²) < 4.78 is 2.06. The lowest BCUT2D eigenvalue weighted by atomic mass is 9.93. The molecule has 3 aromatic carbocycles. The summed E-state index contributed by atoms with van der Waals surface area (Å²) in [6, 6.07) is 26.9. The Balaban J connectivity index is 1.41. The van der Waals surface area contributed by atoms with Crippen LogP contribution < -0.4 is 10.2 Å². The molecule has 166 valence electrons. The van der Waals surface area contributed by atoms with Crippen molar-refractivity contribution in [1.82, 2.24) is 14.9 Å². The van der Waals surface area contributed by atoms with Crippen molar-refractivity contribution in [1.29, 1.82) is 0 Å². The van der Waals surface area contributed by atoms with Gasteiger partial charge in [-0.2, -0.15) is 0 Å². The first-order valence-corrected chi connectivity index (χ1v) is 11.1. The number of nitrogens with one attached hydrogen (secondary N) is 1. The molecule has 0 saturated carbocycles. The van der Waals surface area contributed by atoms with Gasteiger partial charge in [-0.3, -0.25) is 14.5 Å². The van der Waals surface area contributed by atoms with Gasteiger partial charge in [0.05, 0.1) is 17.4 Å². The van der Waals surface area contributed by atoms with Crippen molar-refractivity contribution >= 4 is 45.0 Å². The van der Waals surface area contributed by atoms with E-state index in [0.717, 1.165) is 38.7 Å². The maximum Gasteiger partial charge on any atom is 0.271 e. The van der Waals surface area contributed by atoms with E-state index in [4.69, 9.17) is 0 Å². The summed E-state index contributed by atoms with van der Waals surface area (Å²) in [6.07, 6.45) is 1.72. The largest absolute Gasteiger partial charge is 0.342 e. The molecule has 1 atom stereocenters. The summed E-state index contributed by atoms with van der Waals surface area (Å²) in [4.78, 5) is 33.3. The molecule has 0 radical (unpaired) electrons. The molecule has 0 spiro atoms. The Labute approximate surface area is 196 Å². The van der Waals surface area contributed by atoms with Gasteiger partial charge in [-0.25, -0.2) is 4.98 Å². The lowest BCUT2D eigenvalue weighted by molar-refractivity contribution is -0.122. The Bertz CT molecular complexity index is 1610. The number of amides is 2. The Morgan fingerprint density at radius 1 is 0.882 bits per heavy atom. The van der Waals surface area contributed by atoms with Crippen LogP contribution in [-0.4, -0.2) is 21.4 Å². The fraction of sp³-hybridized carbons (Fsp3) is 0.107. The van der Waals surface area contributed by atoms with Gasteiger partial charge in [0.15, 0.2) is 0 Å². The van der Waals surface area contributed by atoms with Gasteiger partial charge < -0.3 is 9.88 Å². The van der Waals surface area contributed by atoms with Crippen molar-refractivity contribution in [3.63, 3.8) is 0 Å². The number of aryl methyl sites for hydroxylation is 1. The van der Waals surface area contributed by atoms with Crippen molar-refractivity contribution in [2.45, 2.75) is 12.5 Å². The van der Waals surface area contributed by atoms with Gasteiger partial charge in [-0.1, -0.05) is 54.6 Å². The third-order valence-electron chi connectivity index (χ3n) is 6.72. The predicted octanol–water partition coefficient (Wildman–Crippen LogP) is 5.05. The highest BCUT2D eigenvalue weighted by Crippen LogP contribution is 2.44. The minimum absolute atomic E-state index is 0.209. The standard InChI is InChI=1S/C28H22N4O2/c1-28(21-13-7-9-15-24(21)32(27(28)34)18-10-4-3-5-11-18)30-26(33)22-16-20-19-12-6-8-14-23(19)31(2)25(20)17-29-22/h3-17H,1-2H3,(H,30,33). The van der Waals surface area contributed by atoms with Crippen LogP contribution in [0.4, 0.5) is 11.4 Å². The number of rotatable bonds is 3. The number of pyridine rings is 1. The molecule has 1 unspecified atom stereocenters. The van der Waals surface area contributed by atoms with E-state index < -0.39 is 11.4 Å². The predicted molar refractivity (Wildman–Crippen MR) is 133 cm³/mol. The first-order chi connectivity index (χ1) is 16.5. The highest BCUT2D eigenvalue weighted by molar-refractivity contribution is 6.15. The van der Waals surface area contributed by atoms with Crippen LogP contribution in [0.2, 0.25) is 0 Å². The molecule has 1 aliphatic heterocycles. The highest BCUT2D eigenvalue weighted by Gasteiger charge is 2.49. The van der Waals surface area contributed by atoms with Crippen molar-refractivity contribution in [2.24, 2.45) is 7.05 Å². The molecule has 6 nitrogen and oxygen atoms in total. The van der Waals surface area contributed by atoms with E-state index in [-0.39, 0.29) is 11.6 Å². The zero-order valence-electron chi connectivity index (χ0n) is 18.8. The second-order valence-electron chi connectivity index (χ2n) is 8.74. The zero-order valence-corrected chi connectivity index (χ0v) is 18.8. The van der Waals surface area contributed by atoms with Crippen LogP contribution in [0, 0.1) is 0 Å². The quantitative estimate of drug-likeness (QED) is 0.422. The van der Waals surface area contributed by atoms with E-state index in [1.54, 1.807) is 24.1 Å². The Morgan fingerprint density at radius 3 is 2.41 bits per heavy atom. The fourth-order valence-electron chi connectivity index (χ4n) is 4.96. The normalized spacial score (nSPS) is 17.4. The van der Waals surface area contributed by atoms with Crippen LogP contribution in [0.1, 0.15) is 23.0 Å². The Morgan fingerprint density at radius 2 is 1.59 bits per heavy atom. The maximum atomic E-state index is 13.7. The van der Waals surface area contributed by atoms with E-state index >= 15 is 0 Å². The van der Waals surface area contributed by atoms with E-state index in [1.165, 1.54) is 0 Å². The van der Waals surface area contributed by atoms with Gasteiger partial charge in [-0.05, 0) is 37.3 Å². The summed E-state index contributed by atoms with van der Waals surface area (Å²) in [7, 11) is 1.99. The first kappa shape index (κ1) is 20.2. The molecule has 0 bridgehead atoms. The molecule has 0 fully saturated rings. The third kappa shape index (κ3) is 2.78. The maximum absolute atomic E-state index is 13.7. The van der Waals surface area contributed by atoms with Crippen molar-refractivity contribution in [2.75, 3.05) is 4.90 Å². The highest BCUT2D eigenvalue weighted by atomic mass is 16.2. The van der Waals surface area contributed by atoms with Gasteiger partial charge in [0.2, 0.25) is 0 Å². The Kier molecular flexibility index (Phi) is 4.32. The molecule has 2 aromatic heterocycles. The molecular weight excluding hydrogens is 424 g/mol. The van der Waals surface area contributed by atoms with E-state index in [2.05, 4.69) is 14.9 Å². The smallest absolute Gasteiger partial charge is 0.271 e. The topological polar surface area (TPSA) is 67.2 Å². The van der Waals surface area contributed by atoms with E-state index in [9.17, 15) is 9.59 Å². The van der Waals surface area contributed by atoms with Crippen molar-refractivity contribution < 1.29 is 9.59 Å². The monoisotopic (exact) mass is 446 g/mol. The van der Waals surface area contributed by atoms with Crippen molar-refractivity contribution in [3.05, 3.63) is 102 Å². The van der Waals surface area contributed by atoms with Gasteiger partial charge in [0.1, 0.15) is 11.2 Å². The molecule has 6 rings (SSSR count). The van der Waals surface area contributed by atoms with Crippen LogP contribution in [0.5, 0.6) is 0 Å². The van der Waals surface area contributed by atoms with Crippen molar-refractivity contribution in [3.8, 4) is 0 Å². The number of anilines is 2. The summed E-state index contributed by atoms with van der Waals surface area (Å²) >= 11 is 0. The number of nitrogens with zero attached hydrogens (tertiary/aromatic N) is 3. The molecule has 1 N–H and O–H groups in total. The second-order valence-corrected chi connectivity index (χ2v) is 8.74. The molecule has 1 aliphatic rings. The van der Waals surface area contributed by atoms with Gasteiger partial charge >= 0.3 is 0 Å². The van der Waals surface area contributed by atoms with E-state index in [1.807, 2.05) is 85.9 Å². The minimum atomic E-state index is -1.22. The van der Waals surface area contributed by atoms with Crippen LogP contribution in [0.25, 0.3) is 21.8 Å². The number of fused-ring (bicyclic) bond motifs is 4. The first-order valence-electron chi connectivity index (χ1n) is 11.1. The van der Waals surface area contributed by atoms with Crippen LogP contribution in [0.15, 0.2) is 91.1 Å². The lowest BCUT2D eigenvalue weighted by Crippen LogP contribution is -2.50. The average molecular weight is 447 g/mol. The summed E-state index contributed by atoms with van der Waals surface area (Å²) in [6.45, 7) is 1.76.